The van der Waals surface area contributed by atoms with E-state index in [1.54, 1.807) is 13.3 Å². The normalized spacial score (nSPS) is 21.0. The van der Waals surface area contributed by atoms with Gasteiger partial charge in [-0.25, -0.2) is 0 Å². The average Bonchev–Trinajstić information content (AvgIpc) is 2.60. The van der Waals surface area contributed by atoms with Crippen LogP contribution in [-0.2, 0) is 4.74 Å². The van der Waals surface area contributed by atoms with E-state index in [2.05, 4.69) is 40.3 Å². The second-order valence-electron chi connectivity index (χ2n) is 6.53. The van der Waals surface area contributed by atoms with Gasteiger partial charge >= 0.3 is 0 Å². The number of benzene rings is 1. The Morgan fingerprint density at radius 1 is 1.38 bits per heavy atom. The van der Waals surface area contributed by atoms with Gasteiger partial charge in [0.25, 0.3) is 0 Å². The number of rotatable bonds is 5. The fourth-order valence-electron chi connectivity index (χ4n) is 3.58. The third-order valence-electron chi connectivity index (χ3n) is 4.61. The van der Waals surface area contributed by atoms with Crippen molar-refractivity contribution in [2.75, 3.05) is 38.3 Å². The molecule has 1 aromatic carbocycles. The molecular weight excluding hydrogens is 300 g/mol. The van der Waals surface area contributed by atoms with Crippen molar-refractivity contribution in [3.05, 3.63) is 36.0 Å². The van der Waals surface area contributed by atoms with E-state index in [-0.39, 0.29) is 0 Å². The maximum Gasteiger partial charge on any atom is 0.101 e. The van der Waals surface area contributed by atoms with Crippen LogP contribution < -0.4 is 10.2 Å². The molecule has 24 heavy (non-hydrogen) atoms. The van der Waals surface area contributed by atoms with Crippen molar-refractivity contribution in [1.82, 2.24) is 10.3 Å². The lowest BCUT2D eigenvalue weighted by Crippen LogP contribution is -2.49. The van der Waals surface area contributed by atoms with Gasteiger partial charge in [0.05, 0.1) is 17.7 Å². The van der Waals surface area contributed by atoms with E-state index in [9.17, 15) is 5.26 Å². The molecule has 0 unspecified atom stereocenters. The summed E-state index contributed by atoms with van der Waals surface area (Å²) in [5, 5.41) is 14.0. The van der Waals surface area contributed by atoms with E-state index >= 15 is 0 Å². The summed E-state index contributed by atoms with van der Waals surface area (Å²) in [7, 11) is 1.73. The lowest BCUT2D eigenvalue weighted by Gasteiger charge is -2.39. The van der Waals surface area contributed by atoms with Crippen molar-refractivity contribution in [3.63, 3.8) is 0 Å². The second-order valence-corrected chi connectivity index (χ2v) is 6.53. The van der Waals surface area contributed by atoms with Crippen molar-refractivity contribution in [2.24, 2.45) is 5.92 Å². The molecule has 1 N–H and O–H groups in total. The van der Waals surface area contributed by atoms with Gasteiger partial charge < -0.3 is 15.0 Å². The van der Waals surface area contributed by atoms with Gasteiger partial charge in [-0.2, -0.15) is 5.26 Å². The summed E-state index contributed by atoms with van der Waals surface area (Å²) in [5.41, 5.74) is 2.59. The maximum atomic E-state index is 9.32. The van der Waals surface area contributed by atoms with Gasteiger partial charge in [0.1, 0.15) is 6.07 Å². The molecular formula is C19H24N4O. The lowest BCUT2D eigenvalue weighted by atomic mass is 9.94. The number of nitrogens with zero attached hydrogens (tertiary/aromatic N) is 3. The largest absolute Gasteiger partial charge is 0.383 e. The molecule has 2 aromatic rings. The zero-order chi connectivity index (χ0) is 16.9. The monoisotopic (exact) mass is 324 g/mol. The third kappa shape index (κ3) is 3.50. The smallest absolute Gasteiger partial charge is 0.101 e. The first kappa shape index (κ1) is 16.7. The van der Waals surface area contributed by atoms with E-state index < -0.39 is 0 Å². The minimum atomic E-state index is 0.450. The molecule has 1 saturated heterocycles. The first-order valence-electron chi connectivity index (χ1n) is 8.48. The lowest BCUT2D eigenvalue weighted by molar-refractivity contribution is 0.192. The Morgan fingerprint density at radius 2 is 2.25 bits per heavy atom. The van der Waals surface area contributed by atoms with Crippen LogP contribution in [0.15, 0.2) is 30.5 Å². The van der Waals surface area contributed by atoms with Gasteiger partial charge in [-0.3, -0.25) is 4.98 Å². The van der Waals surface area contributed by atoms with Crippen LogP contribution in [0.3, 0.4) is 0 Å². The number of nitrogens with one attached hydrogen (secondary N) is 1. The molecule has 1 aliphatic heterocycles. The molecule has 3 rings (SSSR count). The number of fused-ring (bicyclic) bond motifs is 1. The quantitative estimate of drug-likeness (QED) is 0.857. The fraction of sp³-hybridized carbons (Fsp3) is 0.474. The van der Waals surface area contributed by atoms with Crippen molar-refractivity contribution in [2.45, 2.75) is 19.4 Å². The summed E-state index contributed by atoms with van der Waals surface area (Å²) in [4.78, 5) is 6.85. The summed E-state index contributed by atoms with van der Waals surface area (Å²) in [6, 6.07) is 10.6. The number of pyridine rings is 1. The summed E-state index contributed by atoms with van der Waals surface area (Å²) in [6.45, 7) is 5.88. The number of methoxy groups -OCH3 is 1. The van der Waals surface area contributed by atoms with E-state index in [4.69, 9.17) is 4.74 Å². The molecule has 1 aliphatic rings. The number of hydrogen-bond acceptors (Lipinski definition) is 5. The predicted molar refractivity (Wildman–Crippen MR) is 96.1 cm³/mol. The van der Waals surface area contributed by atoms with Crippen LogP contribution in [0.2, 0.25) is 0 Å². The molecule has 1 fully saturated rings. The average molecular weight is 324 g/mol. The Kier molecular flexibility index (Phi) is 5.29. The molecule has 5 heteroatoms. The zero-order valence-electron chi connectivity index (χ0n) is 14.3. The first-order chi connectivity index (χ1) is 11.7. The van der Waals surface area contributed by atoms with Crippen molar-refractivity contribution in [1.29, 1.82) is 5.26 Å². The molecule has 0 spiro atoms. The van der Waals surface area contributed by atoms with Gasteiger partial charge in [0.15, 0.2) is 0 Å². The fourth-order valence-corrected chi connectivity index (χ4v) is 3.58. The van der Waals surface area contributed by atoms with E-state index in [1.807, 2.05) is 12.1 Å². The molecule has 2 heterocycles. The molecule has 0 saturated carbocycles. The van der Waals surface area contributed by atoms with Crippen molar-refractivity contribution < 1.29 is 4.74 Å². The summed E-state index contributed by atoms with van der Waals surface area (Å²) in [6.07, 6.45) is 2.92. The Balaban J connectivity index is 1.88. The second kappa shape index (κ2) is 7.61. The SMILES string of the molecule is COCCN[C@@H]1C[C@H](C)CN(c2ccc(C#N)c3ncccc23)C1. The molecule has 126 valence electrons. The Hall–Kier alpha value is -2.16. The molecule has 2 atom stereocenters. The van der Waals surface area contributed by atoms with Crippen LogP contribution in [0.1, 0.15) is 18.9 Å². The molecule has 5 nitrogen and oxygen atoms in total. The van der Waals surface area contributed by atoms with Gasteiger partial charge in [0, 0.05) is 50.1 Å². The van der Waals surface area contributed by atoms with Gasteiger partial charge in [-0.05, 0) is 36.6 Å². The van der Waals surface area contributed by atoms with Crippen LogP contribution in [0.25, 0.3) is 10.9 Å². The van der Waals surface area contributed by atoms with Crippen LogP contribution in [0, 0.1) is 17.2 Å². The molecule has 0 aliphatic carbocycles. The molecule has 0 bridgehead atoms. The topological polar surface area (TPSA) is 61.2 Å². The summed E-state index contributed by atoms with van der Waals surface area (Å²) in [5.74, 6) is 0.612. The first-order valence-corrected chi connectivity index (χ1v) is 8.48. The Morgan fingerprint density at radius 3 is 3.04 bits per heavy atom. The minimum absolute atomic E-state index is 0.450. The summed E-state index contributed by atoms with van der Waals surface area (Å²) < 4.78 is 5.14. The highest BCUT2D eigenvalue weighted by atomic mass is 16.5. The number of nitriles is 1. The summed E-state index contributed by atoms with van der Waals surface area (Å²) >= 11 is 0. The van der Waals surface area contributed by atoms with Crippen molar-refractivity contribution in [3.8, 4) is 6.07 Å². The van der Waals surface area contributed by atoms with E-state index in [1.165, 1.54) is 12.1 Å². The van der Waals surface area contributed by atoms with Gasteiger partial charge in [-0.1, -0.05) is 6.92 Å². The highest BCUT2D eigenvalue weighted by molar-refractivity contribution is 5.95. The minimum Gasteiger partial charge on any atom is -0.383 e. The number of anilines is 1. The zero-order valence-corrected chi connectivity index (χ0v) is 14.3. The number of piperidine rings is 1. The Labute approximate surface area is 143 Å². The van der Waals surface area contributed by atoms with Crippen LogP contribution in [-0.4, -0.2) is 44.4 Å². The molecule has 0 amide bonds. The highest BCUT2D eigenvalue weighted by Crippen LogP contribution is 2.31. The van der Waals surface area contributed by atoms with E-state index in [0.717, 1.165) is 37.1 Å². The van der Waals surface area contributed by atoms with E-state index in [0.29, 0.717) is 17.5 Å². The van der Waals surface area contributed by atoms with Gasteiger partial charge in [-0.15, -0.1) is 0 Å². The number of hydrogen-bond donors (Lipinski definition) is 1. The van der Waals surface area contributed by atoms with Crippen molar-refractivity contribution >= 4 is 16.6 Å². The third-order valence-corrected chi connectivity index (χ3v) is 4.61. The van der Waals surface area contributed by atoms with Gasteiger partial charge in [0.2, 0.25) is 0 Å². The Bertz CT molecular complexity index is 740. The predicted octanol–water partition coefficient (Wildman–Crippen LogP) is 2.56. The van der Waals surface area contributed by atoms with Crippen LogP contribution in [0.5, 0.6) is 0 Å². The number of aromatic nitrogens is 1. The van der Waals surface area contributed by atoms with Crippen LogP contribution in [0.4, 0.5) is 5.69 Å². The standard InChI is InChI=1S/C19H24N4O/c1-14-10-16(21-8-9-24-2)13-23(12-14)18-6-5-15(11-20)19-17(18)4-3-7-22-19/h3-7,14,16,21H,8-10,12-13H2,1-2H3/t14-,16+/m0/s1. The highest BCUT2D eigenvalue weighted by Gasteiger charge is 2.25. The van der Waals surface area contributed by atoms with Crippen LogP contribution >= 0.6 is 0 Å². The number of ether oxygens (including phenoxy) is 1. The molecule has 1 aromatic heterocycles. The molecule has 0 radical (unpaired) electrons. The maximum absolute atomic E-state index is 9.32.